The summed E-state index contributed by atoms with van der Waals surface area (Å²) in [5, 5.41) is 3.86. The molecule has 4 rings (SSSR count). The van der Waals surface area contributed by atoms with E-state index in [4.69, 9.17) is 0 Å². The van der Waals surface area contributed by atoms with Crippen LogP contribution in [0.2, 0.25) is 0 Å². The second-order valence-electron chi connectivity index (χ2n) is 5.82. The van der Waals surface area contributed by atoms with Crippen LogP contribution in [-0.4, -0.2) is 6.04 Å². The van der Waals surface area contributed by atoms with Crippen LogP contribution in [0.15, 0.2) is 54.6 Å². The highest BCUT2D eigenvalue weighted by Crippen LogP contribution is 2.43. The number of rotatable bonds is 3. The Morgan fingerprint density at radius 3 is 2.58 bits per heavy atom. The Balaban J connectivity index is 1.45. The Labute approximate surface area is 114 Å². The molecule has 1 nitrogen and oxygen atoms in total. The number of fused-ring (bicyclic) bond motifs is 1. The molecule has 1 saturated carbocycles. The zero-order valence-electron chi connectivity index (χ0n) is 11.0. The first-order chi connectivity index (χ1) is 9.42. The molecule has 2 unspecified atom stereocenters. The fraction of sp³-hybridized carbons (Fsp3) is 0.333. The van der Waals surface area contributed by atoms with Crippen LogP contribution in [0.5, 0.6) is 0 Å². The molecule has 0 saturated heterocycles. The van der Waals surface area contributed by atoms with Gasteiger partial charge in [0.25, 0.3) is 0 Å². The molecule has 2 aliphatic rings. The number of hydrogen-bond donors (Lipinski definition) is 1. The molecule has 0 spiro atoms. The summed E-state index contributed by atoms with van der Waals surface area (Å²) in [6.07, 6.45) is 3.79. The van der Waals surface area contributed by atoms with Gasteiger partial charge >= 0.3 is 0 Å². The van der Waals surface area contributed by atoms with Gasteiger partial charge in [0.1, 0.15) is 0 Å². The first-order valence-electron chi connectivity index (χ1n) is 7.30. The fourth-order valence-electron chi connectivity index (χ4n) is 3.44. The molecule has 0 heterocycles. The molecule has 19 heavy (non-hydrogen) atoms. The van der Waals surface area contributed by atoms with Crippen molar-refractivity contribution in [2.45, 2.75) is 37.3 Å². The molecule has 0 amide bonds. The van der Waals surface area contributed by atoms with Gasteiger partial charge in [-0.1, -0.05) is 54.6 Å². The minimum absolute atomic E-state index is 0.579. The second kappa shape index (κ2) is 4.50. The van der Waals surface area contributed by atoms with Gasteiger partial charge in [-0.15, -0.1) is 0 Å². The van der Waals surface area contributed by atoms with Crippen molar-refractivity contribution in [2.75, 3.05) is 0 Å². The number of nitrogens with one attached hydrogen (secondary N) is 1. The highest BCUT2D eigenvalue weighted by atomic mass is 15.0. The average molecular weight is 249 g/mol. The molecule has 2 aromatic rings. The van der Waals surface area contributed by atoms with E-state index >= 15 is 0 Å². The Morgan fingerprint density at radius 2 is 1.68 bits per heavy atom. The molecule has 1 heteroatoms. The third-order valence-corrected chi connectivity index (χ3v) is 4.57. The molecule has 0 radical (unpaired) electrons. The van der Waals surface area contributed by atoms with Crippen LogP contribution in [0.4, 0.5) is 0 Å². The van der Waals surface area contributed by atoms with Crippen LogP contribution in [0.3, 0.4) is 0 Å². The zero-order valence-corrected chi connectivity index (χ0v) is 11.0. The van der Waals surface area contributed by atoms with Gasteiger partial charge in [-0.05, 0) is 36.0 Å². The molecular formula is C18H19N. The molecular weight excluding hydrogens is 230 g/mol. The van der Waals surface area contributed by atoms with Gasteiger partial charge in [0.2, 0.25) is 0 Å². The van der Waals surface area contributed by atoms with Crippen molar-refractivity contribution in [1.29, 1.82) is 0 Å². The van der Waals surface area contributed by atoms with E-state index in [0.29, 0.717) is 12.1 Å². The Morgan fingerprint density at radius 1 is 0.895 bits per heavy atom. The molecule has 0 aromatic heterocycles. The summed E-state index contributed by atoms with van der Waals surface area (Å²) in [6, 6.07) is 21.1. The maximum Gasteiger partial charge on any atom is 0.0328 e. The van der Waals surface area contributed by atoms with Crippen molar-refractivity contribution < 1.29 is 0 Å². The fourth-order valence-corrected chi connectivity index (χ4v) is 3.44. The Bertz CT molecular complexity index is 575. The predicted octanol–water partition coefficient (Wildman–Crippen LogP) is 3.82. The normalized spacial score (nSPS) is 28.1. The molecule has 0 aliphatic heterocycles. The van der Waals surface area contributed by atoms with Crippen LogP contribution >= 0.6 is 0 Å². The van der Waals surface area contributed by atoms with E-state index in [2.05, 4.69) is 59.9 Å². The highest BCUT2D eigenvalue weighted by molar-refractivity contribution is 5.35. The first-order valence-corrected chi connectivity index (χ1v) is 7.30. The van der Waals surface area contributed by atoms with Gasteiger partial charge in [-0.25, -0.2) is 0 Å². The van der Waals surface area contributed by atoms with Crippen molar-refractivity contribution in [2.24, 2.45) is 0 Å². The lowest BCUT2D eigenvalue weighted by Gasteiger charge is -2.14. The standard InChI is InChI=1S/C18H19N/c1-2-6-13(7-3-1)16-12-18(16)19-17-11-10-14-8-4-5-9-15(14)17/h1-9,16-19H,10-12H2/t16?,17?,18-/m0/s1. The molecule has 1 N–H and O–H groups in total. The monoisotopic (exact) mass is 249 g/mol. The summed E-state index contributed by atoms with van der Waals surface area (Å²) >= 11 is 0. The Kier molecular flexibility index (Phi) is 2.66. The van der Waals surface area contributed by atoms with E-state index in [1.807, 2.05) is 0 Å². The molecule has 2 aliphatic carbocycles. The van der Waals surface area contributed by atoms with E-state index in [1.165, 1.54) is 36.0 Å². The van der Waals surface area contributed by atoms with Gasteiger partial charge in [-0.3, -0.25) is 0 Å². The van der Waals surface area contributed by atoms with E-state index in [1.54, 1.807) is 0 Å². The molecule has 2 aromatic carbocycles. The van der Waals surface area contributed by atoms with Crippen LogP contribution < -0.4 is 5.32 Å². The third kappa shape index (κ3) is 2.08. The van der Waals surface area contributed by atoms with Gasteiger partial charge in [0.05, 0.1) is 0 Å². The average Bonchev–Trinajstić information content (AvgIpc) is 3.13. The van der Waals surface area contributed by atoms with Crippen LogP contribution in [0.25, 0.3) is 0 Å². The van der Waals surface area contributed by atoms with Gasteiger partial charge in [0.15, 0.2) is 0 Å². The second-order valence-corrected chi connectivity index (χ2v) is 5.82. The van der Waals surface area contributed by atoms with Gasteiger partial charge < -0.3 is 5.32 Å². The SMILES string of the molecule is c1ccc(C2C[C@@H]2NC2CCc3ccccc32)cc1. The van der Waals surface area contributed by atoms with Gasteiger partial charge in [-0.2, -0.15) is 0 Å². The number of aryl methyl sites for hydroxylation is 1. The molecule has 3 atom stereocenters. The summed E-state index contributed by atoms with van der Waals surface area (Å²) < 4.78 is 0. The van der Waals surface area contributed by atoms with Crippen LogP contribution in [0.1, 0.15) is 41.5 Å². The lowest BCUT2D eigenvalue weighted by atomic mass is 10.1. The maximum atomic E-state index is 3.86. The molecule has 96 valence electrons. The zero-order chi connectivity index (χ0) is 12.7. The lowest BCUT2D eigenvalue weighted by molar-refractivity contribution is 0.521. The van der Waals surface area contributed by atoms with Crippen molar-refractivity contribution in [3.8, 4) is 0 Å². The predicted molar refractivity (Wildman–Crippen MR) is 78.2 cm³/mol. The number of benzene rings is 2. The summed E-state index contributed by atoms with van der Waals surface area (Å²) in [6.45, 7) is 0. The third-order valence-electron chi connectivity index (χ3n) is 4.57. The maximum absolute atomic E-state index is 3.86. The molecule has 0 bridgehead atoms. The summed E-state index contributed by atoms with van der Waals surface area (Å²) in [5.74, 6) is 0.731. The smallest absolute Gasteiger partial charge is 0.0328 e. The van der Waals surface area contributed by atoms with E-state index in [-0.39, 0.29) is 0 Å². The van der Waals surface area contributed by atoms with Crippen molar-refractivity contribution >= 4 is 0 Å². The van der Waals surface area contributed by atoms with Crippen molar-refractivity contribution in [3.63, 3.8) is 0 Å². The van der Waals surface area contributed by atoms with E-state index in [0.717, 1.165) is 5.92 Å². The minimum atomic E-state index is 0.579. The summed E-state index contributed by atoms with van der Waals surface area (Å²) in [5.41, 5.74) is 4.56. The Hall–Kier alpha value is -1.60. The van der Waals surface area contributed by atoms with Gasteiger partial charge in [0, 0.05) is 18.0 Å². The first kappa shape index (κ1) is 11.2. The van der Waals surface area contributed by atoms with Crippen LogP contribution in [-0.2, 0) is 6.42 Å². The lowest BCUT2D eigenvalue weighted by Crippen LogP contribution is -2.22. The van der Waals surface area contributed by atoms with Crippen molar-refractivity contribution in [1.82, 2.24) is 5.32 Å². The summed E-state index contributed by atoms with van der Waals surface area (Å²) in [4.78, 5) is 0. The quantitative estimate of drug-likeness (QED) is 0.872. The van der Waals surface area contributed by atoms with E-state index in [9.17, 15) is 0 Å². The molecule has 1 fully saturated rings. The minimum Gasteiger partial charge on any atom is -0.307 e. The number of hydrogen-bond acceptors (Lipinski definition) is 1. The van der Waals surface area contributed by atoms with E-state index < -0.39 is 0 Å². The van der Waals surface area contributed by atoms with Crippen molar-refractivity contribution in [3.05, 3.63) is 71.3 Å². The topological polar surface area (TPSA) is 12.0 Å². The summed E-state index contributed by atoms with van der Waals surface area (Å²) in [7, 11) is 0. The highest BCUT2D eigenvalue weighted by Gasteiger charge is 2.40. The largest absolute Gasteiger partial charge is 0.307 e. The van der Waals surface area contributed by atoms with Crippen LogP contribution in [0, 0.1) is 0 Å².